The van der Waals surface area contributed by atoms with Crippen LogP contribution in [0.4, 0.5) is 13.2 Å². The van der Waals surface area contributed by atoms with E-state index in [1.807, 2.05) is 6.92 Å². The van der Waals surface area contributed by atoms with Crippen molar-refractivity contribution in [1.29, 1.82) is 0 Å². The molecule has 0 aliphatic rings. The summed E-state index contributed by atoms with van der Waals surface area (Å²) < 4.78 is 46.5. The number of aliphatic carboxylic acids is 1. The van der Waals surface area contributed by atoms with Gasteiger partial charge in [-0.2, -0.15) is 13.2 Å². The Bertz CT molecular complexity index is 1180. The van der Waals surface area contributed by atoms with Gasteiger partial charge in [0, 0.05) is 18.3 Å². The van der Waals surface area contributed by atoms with Gasteiger partial charge in [-0.1, -0.05) is 54.1 Å². The number of alkyl halides is 3. The van der Waals surface area contributed by atoms with Crippen molar-refractivity contribution in [3.63, 3.8) is 0 Å². The lowest BCUT2D eigenvalue weighted by atomic mass is 10.1. The number of aromatic nitrogens is 1. The molecule has 3 rings (SSSR count). The Morgan fingerprint density at radius 3 is 2.45 bits per heavy atom. The van der Waals surface area contributed by atoms with Gasteiger partial charge >= 0.3 is 12.1 Å². The lowest BCUT2D eigenvalue weighted by molar-refractivity contribution is -0.144. The van der Waals surface area contributed by atoms with E-state index in [0.29, 0.717) is 16.9 Å². The molecule has 0 saturated carbocycles. The third-order valence-corrected chi connectivity index (χ3v) is 4.90. The Morgan fingerprint density at radius 2 is 1.82 bits per heavy atom. The molecular weight excluding hydrogens is 435 g/mol. The van der Waals surface area contributed by atoms with E-state index in [9.17, 15) is 22.8 Å². The number of carbonyl (C=O) groups excluding carboxylic acids is 1. The first-order valence-electron chi connectivity index (χ1n) is 10.1. The number of rotatable bonds is 8. The van der Waals surface area contributed by atoms with Crippen molar-refractivity contribution in [2.75, 3.05) is 0 Å². The van der Waals surface area contributed by atoms with E-state index in [-0.39, 0.29) is 12.2 Å². The molecule has 33 heavy (non-hydrogen) atoms. The average molecular weight is 457 g/mol. The molecule has 0 unspecified atom stereocenters. The smallest absolute Gasteiger partial charge is 0.417 e. The van der Waals surface area contributed by atoms with Gasteiger partial charge in [0.15, 0.2) is 6.10 Å². The molecule has 1 N–H and O–H groups in total. The van der Waals surface area contributed by atoms with Crippen LogP contribution in [-0.4, -0.2) is 27.5 Å². The second-order valence-corrected chi connectivity index (χ2v) is 7.53. The Balaban J connectivity index is 1.84. The van der Waals surface area contributed by atoms with Crippen molar-refractivity contribution < 1.29 is 32.6 Å². The second kappa shape index (κ2) is 9.77. The molecule has 0 saturated heterocycles. The fourth-order valence-corrected chi connectivity index (χ4v) is 3.11. The minimum Gasteiger partial charge on any atom is -0.479 e. The largest absolute Gasteiger partial charge is 0.479 e. The van der Waals surface area contributed by atoms with Crippen LogP contribution >= 0.6 is 0 Å². The Kier molecular flexibility index (Phi) is 7.06. The van der Waals surface area contributed by atoms with Crippen LogP contribution in [0.1, 0.15) is 39.7 Å². The van der Waals surface area contributed by atoms with Gasteiger partial charge in [-0.3, -0.25) is 4.79 Å². The molecule has 0 spiro atoms. The number of allylic oxidation sites excluding steroid dienone is 1. The van der Waals surface area contributed by atoms with E-state index >= 15 is 0 Å². The summed E-state index contributed by atoms with van der Waals surface area (Å²) in [5, 5.41) is 8.96. The van der Waals surface area contributed by atoms with E-state index in [4.69, 9.17) is 9.84 Å². The van der Waals surface area contributed by atoms with Crippen LogP contribution in [0.2, 0.25) is 0 Å². The fraction of sp³-hybridized carbons (Fsp3) is 0.200. The van der Waals surface area contributed by atoms with Crippen molar-refractivity contribution in [2.45, 2.75) is 32.7 Å². The van der Waals surface area contributed by atoms with Gasteiger partial charge < -0.3 is 14.4 Å². The van der Waals surface area contributed by atoms with Gasteiger partial charge in [0.1, 0.15) is 5.75 Å². The quantitative estimate of drug-likeness (QED) is 0.447. The zero-order chi connectivity index (χ0) is 24.2. The maximum Gasteiger partial charge on any atom is 0.417 e. The third-order valence-electron chi connectivity index (χ3n) is 4.90. The van der Waals surface area contributed by atoms with E-state index in [1.54, 1.807) is 60.7 Å². The van der Waals surface area contributed by atoms with Crippen LogP contribution in [0.5, 0.6) is 5.75 Å². The minimum atomic E-state index is -4.58. The number of aryl methyl sites for hydroxylation is 1. The predicted molar refractivity (Wildman–Crippen MR) is 117 cm³/mol. The Hall–Kier alpha value is -3.81. The van der Waals surface area contributed by atoms with Crippen molar-refractivity contribution in [1.82, 2.24) is 4.57 Å². The fourth-order valence-electron chi connectivity index (χ4n) is 3.11. The van der Waals surface area contributed by atoms with Crippen molar-refractivity contribution in [3.8, 4) is 5.75 Å². The molecule has 0 fully saturated rings. The van der Waals surface area contributed by atoms with Gasteiger partial charge in [-0.25, -0.2) is 4.79 Å². The van der Waals surface area contributed by atoms with Gasteiger partial charge in [0.05, 0.1) is 11.3 Å². The molecular formula is C25H22F3NO4. The first-order valence-corrected chi connectivity index (χ1v) is 10.1. The number of hydrogen-bond acceptors (Lipinski definition) is 3. The predicted octanol–water partition coefficient (Wildman–Crippen LogP) is 5.61. The first-order chi connectivity index (χ1) is 15.5. The summed E-state index contributed by atoms with van der Waals surface area (Å²) in [6, 6.07) is 14.1. The van der Waals surface area contributed by atoms with Crippen molar-refractivity contribution >= 4 is 17.8 Å². The number of carboxylic acids is 1. The molecule has 8 heteroatoms. The average Bonchev–Trinajstić information content (AvgIpc) is 3.19. The van der Waals surface area contributed by atoms with Crippen LogP contribution in [0.3, 0.4) is 0 Å². The number of nitrogens with zero attached hydrogens (tertiary/aromatic N) is 1. The monoisotopic (exact) mass is 457 g/mol. The molecule has 1 aromatic heterocycles. The SMILES string of the molecule is Cc1ccc(C(=O)c2cc(C(F)(F)F)cn2C/C=C/c2cccc(O[C@@H](C)C(=O)O)c2)cc1. The maximum atomic E-state index is 13.3. The maximum absolute atomic E-state index is 13.3. The van der Waals surface area contributed by atoms with E-state index in [0.717, 1.165) is 17.8 Å². The first kappa shape index (κ1) is 23.8. The van der Waals surface area contributed by atoms with Crippen molar-refractivity contribution in [3.05, 3.63) is 94.8 Å². The van der Waals surface area contributed by atoms with Crippen LogP contribution in [-0.2, 0) is 17.5 Å². The number of benzene rings is 2. The van der Waals surface area contributed by atoms with E-state index in [2.05, 4.69) is 0 Å². The standard InChI is InChI=1S/C25H22F3NO4/c1-16-8-10-19(11-9-16)23(30)22-14-20(25(26,27)28)15-29(22)12-4-6-18-5-3-7-21(13-18)33-17(2)24(31)32/h3-11,13-15,17H,12H2,1-2H3,(H,31,32)/b6-4+/t17-/m0/s1. The second-order valence-electron chi connectivity index (χ2n) is 7.53. The highest BCUT2D eigenvalue weighted by Gasteiger charge is 2.33. The molecule has 0 aliphatic carbocycles. The van der Waals surface area contributed by atoms with E-state index in [1.165, 1.54) is 11.5 Å². The molecule has 3 aromatic rings. The summed E-state index contributed by atoms with van der Waals surface area (Å²) in [5.41, 5.74) is 0.937. The number of hydrogen-bond donors (Lipinski definition) is 1. The highest BCUT2D eigenvalue weighted by molar-refractivity contribution is 6.08. The summed E-state index contributed by atoms with van der Waals surface area (Å²) in [5.74, 6) is -1.26. The molecule has 0 radical (unpaired) electrons. The summed E-state index contributed by atoms with van der Waals surface area (Å²) in [6.07, 6.45) is -1.42. The van der Waals surface area contributed by atoms with Crippen molar-refractivity contribution in [2.24, 2.45) is 0 Å². The van der Waals surface area contributed by atoms with Crippen LogP contribution < -0.4 is 4.74 Å². The minimum absolute atomic E-state index is 0.0274. The molecule has 0 bridgehead atoms. The van der Waals surface area contributed by atoms with Crippen LogP contribution in [0.25, 0.3) is 6.08 Å². The van der Waals surface area contributed by atoms with Gasteiger partial charge in [0.2, 0.25) is 5.78 Å². The molecule has 2 aromatic carbocycles. The van der Waals surface area contributed by atoms with Crippen LogP contribution in [0, 0.1) is 6.92 Å². The van der Waals surface area contributed by atoms with Crippen LogP contribution in [0.15, 0.2) is 66.9 Å². The number of carbonyl (C=O) groups is 2. The lowest BCUT2D eigenvalue weighted by Crippen LogP contribution is -2.22. The number of carboxylic acid groups (broad SMARTS) is 1. The van der Waals surface area contributed by atoms with E-state index < -0.39 is 29.6 Å². The molecule has 1 atom stereocenters. The van der Waals surface area contributed by atoms with Gasteiger partial charge in [-0.05, 0) is 37.6 Å². The van der Waals surface area contributed by atoms with Gasteiger partial charge in [-0.15, -0.1) is 0 Å². The summed E-state index contributed by atoms with van der Waals surface area (Å²) >= 11 is 0. The van der Waals surface area contributed by atoms with Gasteiger partial charge in [0.25, 0.3) is 0 Å². The number of halogens is 3. The summed E-state index contributed by atoms with van der Waals surface area (Å²) in [6.45, 7) is 3.28. The third kappa shape index (κ3) is 6.12. The number of ether oxygens (including phenoxy) is 1. The topological polar surface area (TPSA) is 68.5 Å². The zero-order valence-electron chi connectivity index (χ0n) is 18.0. The highest BCUT2D eigenvalue weighted by atomic mass is 19.4. The number of ketones is 1. The lowest BCUT2D eigenvalue weighted by Gasteiger charge is -2.10. The molecule has 0 aliphatic heterocycles. The normalized spacial score (nSPS) is 12.6. The molecule has 5 nitrogen and oxygen atoms in total. The zero-order valence-corrected chi connectivity index (χ0v) is 18.0. The molecule has 0 amide bonds. The Morgan fingerprint density at radius 1 is 1.12 bits per heavy atom. The summed E-state index contributed by atoms with van der Waals surface area (Å²) in [4.78, 5) is 23.8. The summed E-state index contributed by atoms with van der Waals surface area (Å²) in [7, 11) is 0. The highest BCUT2D eigenvalue weighted by Crippen LogP contribution is 2.31. The molecule has 172 valence electrons. The Labute approximate surface area is 188 Å². The molecule has 1 heterocycles.